The normalized spacial score (nSPS) is 17.7. The molecule has 1 saturated heterocycles. The highest BCUT2D eigenvalue weighted by molar-refractivity contribution is 6.14. The summed E-state index contributed by atoms with van der Waals surface area (Å²) in [5, 5.41) is 0. The van der Waals surface area contributed by atoms with Crippen LogP contribution in [0.5, 0.6) is 11.5 Å². The van der Waals surface area contributed by atoms with Crippen molar-refractivity contribution in [2.24, 2.45) is 0 Å². The van der Waals surface area contributed by atoms with Gasteiger partial charge in [-0.05, 0) is 89.1 Å². The lowest BCUT2D eigenvalue weighted by molar-refractivity contribution is -0.113. The summed E-state index contributed by atoms with van der Waals surface area (Å²) in [5.74, 6) is 1.80. The van der Waals surface area contributed by atoms with E-state index in [9.17, 15) is 4.79 Å². The number of carbonyl (C=O) groups excluding carboxylic acids is 1. The minimum atomic E-state index is 0.118. The van der Waals surface area contributed by atoms with Gasteiger partial charge in [0.1, 0.15) is 11.5 Å². The molecule has 4 heteroatoms. The number of piperidine rings is 1. The molecule has 2 aromatic carbocycles. The van der Waals surface area contributed by atoms with Crippen LogP contribution in [0.3, 0.4) is 0 Å². The maximum absolute atomic E-state index is 13.3. The molecule has 0 saturated carbocycles. The molecule has 0 amide bonds. The lowest BCUT2D eigenvalue weighted by atomic mass is 9.93. The maximum Gasteiger partial charge on any atom is 0.187 e. The van der Waals surface area contributed by atoms with E-state index >= 15 is 0 Å². The summed E-state index contributed by atoms with van der Waals surface area (Å²) in [4.78, 5) is 15.6. The van der Waals surface area contributed by atoms with E-state index < -0.39 is 0 Å². The Bertz CT molecular complexity index is 891. The van der Waals surface area contributed by atoms with Crippen LogP contribution in [0.15, 0.2) is 59.7 Å². The fourth-order valence-electron chi connectivity index (χ4n) is 3.66. The van der Waals surface area contributed by atoms with Crippen LogP contribution in [0, 0.1) is 0 Å². The molecule has 2 aromatic rings. The lowest BCUT2D eigenvalue weighted by Gasteiger charge is -2.32. The predicted octanol–water partition coefficient (Wildman–Crippen LogP) is 6.02. The summed E-state index contributed by atoms with van der Waals surface area (Å²) >= 11 is 0. The summed E-state index contributed by atoms with van der Waals surface area (Å²) in [6, 6.07) is 16.2. The molecule has 1 fully saturated rings. The molecule has 0 aliphatic carbocycles. The molecule has 1 aliphatic heterocycles. The van der Waals surface area contributed by atoms with E-state index in [1.54, 1.807) is 0 Å². The van der Waals surface area contributed by atoms with Gasteiger partial charge in [0.25, 0.3) is 0 Å². The monoisotopic (exact) mass is 433 g/mol. The van der Waals surface area contributed by atoms with Crippen molar-refractivity contribution in [1.82, 2.24) is 4.90 Å². The van der Waals surface area contributed by atoms with Gasteiger partial charge < -0.3 is 9.47 Å². The minimum Gasteiger partial charge on any atom is -0.491 e. The summed E-state index contributed by atoms with van der Waals surface area (Å²) in [6.45, 7) is 13.7. The average molecular weight is 434 g/mol. The molecule has 32 heavy (non-hydrogen) atoms. The van der Waals surface area contributed by atoms with E-state index in [0.717, 1.165) is 33.8 Å². The molecule has 1 aliphatic rings. The smallest absolute Gasteiger partial charge is 0.187 e. The van der Waals surface area contributed by atoms with E-state index in [2.05, 4.69) is 18.7 Å². The Kier molecular flexibility index (Phi) is 7.92. The number of hydrogen-bond donors (Lipinski definition) is 0. The fraction of sp³-hybridized carbons (Fsp3) is 0.393. The first-order chi connectivity index (χ1) is 15.2. The summed E-state index contributed by atoms with van der Waals surface area (Å²) < 4.78 is 11.5. The van der Waals surface area contributed by atoms with Crippen molar-refractivity contribution in [2.75, 3.05) is 13.1 Å². The first-order valence-electron chi connectivity index (χ1n) is 11.4. The van der Waals surface area contributed by atoms with Gasteiger partial charge >= 0.3 is 0 Å². The molecule has 3 rings (SSSR count). The van der Waals surface area contributed by atoms with Crippen molar-refractivity contribution in [1.29, 1.82) is 0 Å². The molecular formula is C28H35NO3. The molecule has 0 bridgehead atoms. The molecule has 0 radical (unpaired) electrons. The SMILES string of the molecule is CC(C)Oc1ccc(/C=C2\CN(C(C)C)C/C(=C\c3ccc(OC(C)C)cc3)C2=O)cc1. The number of hydrogen-bond acceptors (Lipinski definition) is 4. The van der Waals surface area contributed by atoms with Crippen molar-refractivity contribution in [3.05, 3.63) is 70.8 Å². The largest absolute Gasteiger partial charge is 0.491 e. The molecule has 170 valence electrons. The third-order valence-corrected chi connectivity index (χ3v) is 5.25. The Labute approximate surface area is 192 Å². The second-order valence-corrected chi connectivity index (χ2v) is 9.14. The number of Topliss-reactive ketones (excluding diaryl/α,β-unsaturated/α-hetero) is 1. The Morgan fingerprint density at radius 3 is 1.38 bits per heavy atom. The Morgan fingerprint density at radius 2 is 1.06 bits per heavy atom. The van der Waals surface area contributed by atoms with Crippen LogP contribution >= 0.6 is 0 Å². The molecule has 0 N–H and O–H groups in total. The van der Waals surface area contributed by atoms with Gasteiger partial charge in [0.05, 0.1) is 12.2 Å². The Hall–Kier alpha value is -2.85. The average Bonchev–Trinajstić information content (AvgIpc) is 2.72. The van der Waals surface area contributed by atoms with Crippen LogP contribution in [0.25, 0.3) is 12.2 Å². The van der Waals surface area contributed by atoms with Gasteiger partial charge in [0.15, 0.2) is 5.78 Å². The molecule has 0 atom stereocenters. The van der Waals surface area contributed by atoms with Gasteiger partial charge in [-0.2, -0.15) is 0 Å². The van der Waals surface area contributed by atoms with Crippen LogP contribution < -0.4 is 9.47 Å². The quantitative estimate of drug-likeness (QED) is 0.501. The van der Waals surface area contributed by atoms with E-state index in [-0.39, 0.29) is 18.0 Å². The van der Waals surface area contributed by atoms with Gasteiger partial charge in [-0.1, -0.05) is 24.3 Å². The predicted molar refractivity (Wildman–Crippen MR) is 132 cm³/mol. The molecule has 0 spiro atoms. The highest BCUT2D eigenvalue weighted by atomic mass is 16.5. The standard InChI is InChI=1S/C28H35NO3/c1-19(2)29-17-24(15-22-7-11-26(12-8-22)31-20(3)4)28(30)25(18-29)16-23-9-13-27(14-10-23)32-21(5)6/h7-16,19-21H,17-18H2,1-6H3/b24-15+,25-16+. The number of rotatable bonds is 7. The molecular weight excluding hydrogens is 398 g/mol. The maximum atomic E-state index is 13.3. The van der Waals surface area contributed by atoms with Crippen molar-refractivity contribution in [3.8, 4) is 11.5 Å². The zero-order valence-electron chi connectivity index (χ0n) is 20.1. The Morgan fingerprint density at radius 1 is 0.688 bits per heavy atom. The van der Waals surface area contributed by atoms with Crippen LogP contribution in [0.2, 0.25) is 0 Å². The molecule has 4 nitrogen and oxygen atoms in total. The van der Waals surface area contributed by atoms with Crippen LogP contribution in [0.1, 0.15) is 52.7 Å². The van der Waals surface area contributed by atoms with Crippen molar-refractivity contribution < 1.29 is 14.3 Å². The topological polar surface area (TPSA) is 38.8 Å². The lowest BCUT2D eigenvalue weighted by Crippen LogP contribution is -2.41. The van der Waals surface area contributed by atoms with Crippen LogP contribution in [-0.4, -0.2) is 42.0 Å². The van der Waals surface area contributed by atoms with Crippen molar-refractivity contribution >= 4 is 17.9 Å². The number of nitrogens with zero attached hydrogens (tertiary/aromatic N) is 1. The zero-order valence-corrected chi connectivity index (χ0v) is 20.1. The second kappa shape index (κ2) is 10.6. The minimum absolute atomic E-state index is 0.118. The summed E-state index contributed by atoms with van der Waals surface area (Å²) in [5.41, 5.74) is 3.64. The first kappa shape index (κ1) is 23.8. The number of benzene rings is 2. The molecule has 1 heterocycles. The van der Waals surface area contributed by atoms with Crippen molar-refractivity contribution in [3.63, 3.8) is 0 Å². The highest BCUT2D eigenvalue weighted by Crippen LogP contribution is 2.25. The van der Waals surface area contributed by atoms with Gasteiger partial charge in [-0.15, -0.1) is 0 Å². The molecule has 0 unspecified atom stereocenters. The first-order valence-corrected chi connectivity index (χ1v) is 11.4. The van der Waals surface area contributed by atoms with E-state index in [1.165, 1.54) is 0 Å². The number of carbonyl (C=O) groups is 1. The van der Waals surface area contributed by atoms with E-state index in [0.29, 0.717) is 19.1 Å². The van der Waals surface area contributed by atoms with Gasteiger partial charge in [0, 0.05) is 30.3 Å². The third-order valence-electron chi connectivity index (χ3n) is 5.25. The number of ketones is 1. The van der Waals surface area contributed by atoms with Crippen molar-refractivity contribution in [2.45, 2.75) is 59.8 Å². The van der Waals surface area contributed by atoms with Gasteiger partial charge in [-0.25, -0.2) is 0 Å². The van der Waals surface area contributed by atoms with Crippen LogP contribution in [0.4, 0.5) is 0 Å². The third kappa shape index (κ3) is 6.57. The highest BCUT2D eigenvalue weighted by Gasteiger charge is 2.27. The van der Waals surface area contributed by atoms with E-state index in [1.807, 2.05) is 88.4 Å². The zero-order chi connectivity index (χ0) is 23.3. The number of ether oxygens (including phenoxy) is 2. The number of likely N-dealkylation sites (tertiary alicyclic amines) is 1. The second-order valence-electron chi connectivity index (χ2n) is 9.14. The summed E-state index contributed by atoms with van der Waals surface area (Å²) in [7, 11) is 0. The van der Waals surface area contributed by atoms with Crippen LogP contribution in [-0.2, 0) is 4.79 Å². The fourth-order valence-corrected chi connectivity index (χ4v) is 3.66. The van der Waals surface area contributed by atoms with Gasteiger partial charge in [0.2, 0.25) is 0 Å². The van der Waals surface area contributed by atoms with Gasteiger partial charge in [-0.3, -0.25) is 9.69 Å². The Balaban J connectivity index is 1.85. The molecule has 0 aromatic heterocycles. The summed E-state index contributed by atoms with van der Waals surface area (Å²) in [6.07, 6.45) is 4.28. The van der Waals surface area contributed by atoms with E-state index in [4.69, 9.17) is 9.47 Å².